The van der Waals surface area contributed by atoms with Gasteiger partial charge in [-0.05, 0) is 25.0 Å². The van der Waals surface area contributed by atoms with Crippen LogP contribution in [-0.4, -0.2) is 34.5 Å². The van der Waals surface area contributed by atoms with Gasteiger partial charge in [0.15, 0.2) is 0 Å². The van der Waals surface area contributed by atoms with E-state index >= 15 is 0 Å². The Morgan fingerprint density at radius 3 is 2.95 bits per heavy atom. The molecule has 1 fully saturated rings. The Hall–Kier alpha value is -1.60. The van der Waals surface area contributed by atoms with E-state index in [4.69, 9.17) is 9.84 Å². The molecule has 0 radical (unpaired) electrons. The van der Waals surface area contributed by atoms with E-state index in [-0.39, 0.29) is 17.4 Å². The number of hydrogen-bond donors (Lipinski definition) is 1. The standard InChI is InChI=1S/C12H13NO5S/c14-12(15)8-3-4-11(10(6-8)13(16)17)19-7-9-2-1-5-18-9/h3-4,6,9H,1-2,5,7H2,(H,14,15). The lowest BCUT2D eigenvalue weighted by Crippen LogP contribution is -2.08. The van der Waals surface area contributed by atoms with Crippen molar-refractivity contribution in [2.24, 2.45) is 0 Å². The number of nitro benzene ring substituents is 1. The summed E-state index contributed by atoms with van der Waals surface area (Å²) < 4.78 is 5.45. The second-order valence-corrected chi connectivity index (χ2v) is 5.25. The predicted octanol–water partition coefficient (Wildman–Crippen LogP) is 2.56. The molecule has 1 N–H and O–H groups in total. The van der Waals surface area contributed by atoms with Crippen LogP contribution in [-0.2, 0) is 4.74 Å². The average molecular weight is 283 g/mol. The van der Waals surface area contributed by atoms with Crippen LogP contribution in [0.15, 0.2) is 23.1 Å². The quantitative estimate of drug-likeness (QED) is 0.507. The number of carboxylic acids is 1. The fraction of sp³-hybridized carbons (Fsp3) is 0.417. The molecule has 1 aromatic carbocycles. The number of ether oxygens (including phenoxy) is 1. The first-order chi connectivity index (χ1) is 9.08. The number of nitro groups is 1. The van der Waals surface area contributed by atoms with E-state index in [0.29, 0.717) is 10.6 Å². The van der Waals surface area contributed by atoms with E-state index in [2.05, 4.69) is 0 Å². The van der Waals surface area contributed by atoms with Crippen LogP contribution in [0, 0.1) is 10.1 Å². The van der Waals surface area contributed by atoms with E-state index in [1.807, 2.05) is 0 Å². The van der Waals surface area contributed by atoms with Crippen molar-refractivity contribution < 1.29 is 19.6 Å². The summed E-state index contributed by atoms with van der Waals surface area (Å²) in [6, 6.07) is 3.97. The lowest BCUT2D eigenvalue weighted by atomic mass is 10.2. The molecule has 1 unspecified atom stereocenters. The molecule has 0 saturated carbocycles. The Morgan fingerprint density at radius 1 is 1.58 bits per heavy atom. The molecular weight excluding hydrogens is 270 g/mol. The second kappa shape index (κ2) is 6.03. The van der Waals surface area contributed by atoms with Gasteiger partial charge in [-0.25, -0.2) is 4.79 Å². The van der Waals surface area contributed by atoms with Crippen LogP contribution < -0.4 is 0 Å². The predicted molar refractivity (Wildman–Crippen MR) is 69.8 cm³/mol. The first-order valence-corrected chi connectivity index (χ1v) is 6.82. The fourth-order valence-electron chi connectivity index (χ4n) is 1.87. The average Bonchev–Trinajstić information content (AvgIpc) is 2.89. The van der Waals surface area contributed by atoms with Gasteiger partial charge in [0.1, 0.15) is 0 Å². The van der Waals surface area contributed by atoms with Crippen molar-refractivity contribution in [2.75, 3.05) is 12.4 Å². The number of hydrogen-bond acceptors (Lipinski definition) is 5. The molecule has 102 valence electrons. The maximum Gasteiger partial charge on any atom is 0.335 e. The number of carboxylic acid groups (broad SMARTS) is 1. The van der Waals surface area contributed by atoms with E-state index in [9.17, 15) is 14.9 Å². The van der Waals surface area contributed by atoms with Crippen molar-refractivity contribution in [1.29, 1.82) is 0 Å². The van der Waals surface area contributed by atoms with Gasteiger partial charge in [-0.1, -0.05) is 0 Å². The Labute approximate surface area is 113 Å². The molecule has 1 saturated heterocycles. The number of aromatic carboxylic acids is 1. The summed E-state index contributed by atoms with van der Waals surface area (Å²) in [7, 11) is 0. The number of nitrogens with zero attached hydrogens (tertiary/aromatic N) is 1. The summed E-state index contributed by atoms with van der Waals surface area (Å²) in [6.07, 6.45) is 2.11. The van der Waals surface area contributed by atoms with Crippen LogP contribution in [0.3, 0.4) is 0 Å². The van der Waals surface area contributed by atoms with Crippen LogP contribution in [0.5, 0.6) is 0 Å². The maximum absolute atomic E-state index is 11.0. The third kappa shape index (κ3) is 3.45. The number of thioether (sulfide) groups is 1. The molecule has 0 aliphatic carbocycles. The third-order valence-electron chi connectivity index (χ3n) is 2.85. The normalized spacial score (nSPS) is 18.4. The van der Waals surface area contributed by atoms with Gasteiger partial charge in [-0.2, -0.15) is 0 Å². The summed E-state index contributed by atoms with van der Waals surface area (Å²) in [6.45, 7) is 0.741. The van der Waals surface area contributed by atoms with Gasteiger partial charge in [-0.15, -0.1) is 11.8 Å². The summed E-state index contributed by atoms with van der Waals surface area (Å²) in [4.78, 5) is 21.7. The number of rotatable bonds is 5. The van der Waals surface area contributed by atoms with Crippen LogP contribution in [0.4, 0.5) is 5.69 Å². The van der Waals surface area contributed by atoms with Crippen molar-refractivity contribution in [3.05, 3.63) is 33.9 Å². The molecule has 1 atom stereocenters. The zero-order valence-electron chi connectivity index (χ0n) is 10.1. The zero-order chi connectivity index (χ0) is 13.8. The van der Waals surface area contributed by atoms with Crippen molar-refractivity contribution in [3.8, 4) is 0 Å². The highest BCUT2D eigenvalue weighted by molar-refractivity contribution is 7.99. The first-order valence-electron chi connectivity index (χ1n) is 5.84. The molecular formula is C12H13NO5S. The lowest BCUT2D eigenvalue weighted by molar-refractivity contribution is -0.387. The monoisotopic (exact) mass is 283 g/mol. The van der Waals surface area contributed by atoms with Crippen molar-refractivity contribution in [3.63, 3.8) is 0 Å². The molecule has 0 spiro atoms. The highest BCUT2D eigenvalue weighted by Crippen LogP contribution is 2.32. The van der Waals surface area contributed by atoms with Crippen molar-refractivity contribution >= 4 is 23.4 Å². The van der Waals surface area contributed by atoms with Gasteiger partial charge < -0.3 is 9.84 Å². The molecule has 0 aromatic heterocycles. The molecule has 7 heteroatoms. The second-order valence-electron chi connectivity index (χ2n) is 4.19. The Morgan fingerprint density at radius 2 is 2.37 bits per heavy atom. The Bertz CT molecular complexity index is 499. The highest BCUT2D eigenvalue weighted by atomic mass is 32.2. The maximum atomic E-state index is 11.0. The highest BCUT2D eigenvalue weighted by Gasteiger charge is 2.21. The van der Waals surface area contributed by atoms with E-state index in [0.717, 1.165) is 25.5 Å². The van der Waals surface area contributed by atoms with Crippen LogP contribution in [0.2, 0.25) is 0 Å². The summed E-state index contributed by atoms with van der Waals surface area (Å²) in [5.41, 5.74) is -0.240. The summed E-state index contributed by atoms with van der Waals surface area (Å²) in [5, 5.41) is 19.8. The largest absolute Gasteiger partial charge is 0.478 e. The molecule has 1 aliphatic rings. The molecule has 2 rings (SSSR count). The molecule has 1 aromatic rings. The minimum Gasteiger partial charge on any atom is -0.478 e. The molecule has 0 amide bonds. The van der Waals surface area contributed by atoms with Crippen LogP contribution in [0.25, 0.3) is 0 Å². The fourth-order valence-corrected chi connectivity index (χ4v) is 2.95. The lowest BCUT2D eigenvalue weighted by Gasteiger charge is -2.09. The van der Waals surface area contributed by atoms with Gasteiger partial charge in [-0.3, -0.25) is 10.1 Å². The summed E-state index contributed by atoms with van der Waals surface area (Å²) >= 11 is 1.33. The van der Waals surface area contributed by atoms with Gasteiger partial charge in [0.25, 0.3) is 5.69 Å². The summed E-state index contributed by atoms with van der Waals surface area (Å²) in [5.74, 6) is -0.522. The van der Waals surface area contributed by atoms with Crippen LogP contribution >= 0.6 is 11.8 Å². The molecule has 6 nitrogen and oxygen atoms in total. The molecule has 19 heavy (non-hydrogen) atoms. The van der Waals surface area contributed by atoms with Crippen molar-refractivity contribution in [2.45, 2.75) is 23.8 Å². The minimum absolute atomic E-state index is 0.0758. The zero-order valence-corrected chi connectivity index (χ0v) is 10.9. The van der Waals surface area contributed by atoms with Crippen molar-refractivity contribution in [1.82, 2.24) is 0 Å². The van der Waals surface area contributed by atoms with Gasteiger partial charge in [0, 0.05) is 18.4 Å². The minimum atomic E-state index is -1.17. The van der Waals surface area contributed by atoms with E-state index in [1.165, 1.54) is 23.9 Å². The third-order valence-corrected chi connectivity index (χ3v) is 4.05. The van der Waals surface area contributed by atoms with Gasteiger partial charge in [0.05, 0.1) is 21.5 Å². The SMILES string of the molecule is O=C(O)c1ccc(SCC2CCCO2)c([N+](=O)[O-])c1. The topological polar surface area (TPSA) is 89.7 Å². The van der Waals surface area contributed by atoms with E-state index in [1.54, 1.807) is 0 Å². The Kier molecular flexibility index (Phi) is 4.39. The number of benzene rings is 1. The molecule has 1 heterocycles. The van der Waals surface area contributed by atoms with E-state index < -0.39 is 10.9 Å². The first kappa shape index (κ1) is 13.8. The van der Waals surface area contributed by atoms with Crippen LogP contribution in [0.1, 0.15) is 23.2 Å². The smallest absolute Gasteiger partial charge is 0.335 e. The molecule has 0 bridgehead atoms. The van der Waals surface area contributed by atoms with Gasteiger partial charge >= 0.3 is 5.97 Å². The number of carbonyl (C=O) groups is 1. The van der Waals surface area contributed by atoms with Gasteiger partial charge in [0.2, 0.25) is 0 Å². The Balaban J connectivity index is 2.14. The molecule has 1 aliphatic heterocycles.